The van der Waals surface area contributed by atoms with Crippen molar-refractivity contribution in [3.63, 3.8) is 0 Å². The molecule has 0 spiro atoms. The highest BCUT2D eigenvalue weighted by Gasteiger charge is 2.23. The summed E-state index contributed by atoms with van der Waals surface area (Å²) < 4.78 is 12.1. The van der Waals surface area contributed by atoms with Gasteiger partial charge in [0.15, 0.2) is 0 Å². The number of aromatic nitrogens is 1. The molecule has 0 fully saturated rings. The Morgan fingerprint density at radius 2 is 1.72 bits per heavy atom. The third-order valence-electron chi connectivity index (χ3n) is 4.60. The quantitative estimate of drug-likeness (QED) is 0.443. The Morgan fingerprint density at radius 1 is 1.00 bits per heavy atom. The first kappa shape index (κ1) is 19.0. The van der Waals surface area contributed by atoms with Crippen molar-refractivity contribution in [3.8, 4) is 22.6 Å². The number of thiophene rings is 1. The van der Waals surface area contributed by atoms with Gasteiger partial charge in [0, 0.05) is 17.0 Å². The second-order valence-corrected chi connectivity index (χ2v) is 7.32. The van der Waals surface area contributed by atoms with Gasteiger partial charge < -0.3 is 9.47 Å². The standard InChI is InChI=1S/C23H19NO4S/c1-3-28-23(26)21-20(15-7-5-4-6-8-15)18-13-14-19(25)24(22(18)29-21)16-9-11-17(27-2)12-10-16/h4-14H,3H2,1-2H3. The zero-order chi connectivity index (χ0) is 20.4. The van der Waals surface area contributed by atoms with Gasteiger partial charge in [0.25, 0.3) is 5.56 Å². The maximum absolute atomic E-state index is 12.8. The van der Waals surface area contributed by atoms with Crippen LogP contribution in [0.1, 0.15) is 16.6 Å². The minimum atomic E-state index is -0.388. The maximum Gasteiger partial charge on any atom is 0.349 e. The van der Waals surface area contributed by atoms with Crippen molar-refractivity contribution in [2.75, 3.05) is 13.7 Å². The van der Waals surface area contributed by atoms with Crippen molar-refractivity contribution in [2.24, 2.45) is 0 Å². The van der Waals surface area contributed by atoms with E-state index in [1.807, 2.05) is 42.5 Å². The summed E-state index contributed by atoms with van der Waals surface area (Å²) >= 11 is 1.27. The summed E-state index contributed by atoms with van der Waals surface area (Å²) in [6, 6.07) is 20.2. The third-order valence-corrected chi connectivity index (χ3v) is 5.77. The van der Waals surface area contributed by atoms with Gasteiger partial charge in [0.05, 0.1) is 19.4 Å². The number of nitrogens with zero attached hydrogens (tertiary/aromatic N) is 1. The Bertz CT molecular complexity index is 1220. The topological polar surface area (TPSA) is 57.5 Å². The first-order valence-electron chi connectivity index (χ1n) is 9.19. The van der Waals surface area contributed by atoms with Crippen LogP contribution < -0.4 is 10.3 Å². The van der Waals surface area contributed by atoms with Gasteiger partial charge in [-0.1, -0.05) is 30.3 Å². The van der Waals surface area contributed by atoms with Crippen LogP contribution in [-0.2, 0) is 4.74 Å². The number of pyridine rings is 1. The molecule has 0 saturated carbocycles. The van der Waals surface area contributed by atoms with E-state index in [0.717, 1.165) is 16.5 Å². The van der Waals surface area contributed by atoms with Crippen molar-refractivity contribution in [2.45, 2.75) is 6.92 Å². The van der Waals surface area contributed by atoms with Crippen molar-refractivity contribution in [1.29, 1.82) is 0 Å². The first-order valence-corrected chi connectivity index (χ1v) is 10.0. The summed E-state index contributed by atoms with van der Waals surface area (Å²) in [7, 11) is 1.60. The molecule has 0 saturated heterocycles. The van der Waals surface area contributed by atoms with Gasteiger partial charge in [0.2, 0.25) is 0 Å². The fourth-order valence-corrected chi connectivity index (χ4v) is 4.52. The third kappa shape index (κ3) is 3.43. The minimum Gasteiger partial charge on any atom is -0.497 e. The summed E-state index contributed by atoms with van der Waals surface area (Å²) in [5.74, 6) is 0.318. The van der Waals surface area contributed by atoms with E-state index in [1.54, 1.807) is 36.8 Å². The molecular weight excluding hydrogens is 386 g/mol. The fraction of sp³-hybridized carbons (Fsp3) is 0.130. The highest BCUT2D eigenvalue weighted by molar-refractivity contribution is 7.21. The Labute approximate surface area is 171 Å². The summed E-state index contributed by atoms with van der Waals surface area (Å²) in [5, 5.41) is 0.833. The number of carbonyl (C=O) groups is 1. The Hall–Kier alpha value is -3.38. The number of benzene rings is 2. The van der Waals surface area contributed by atoms with Gasteiger partial charge in [-0.3, -0.25) is 9.36 Å². The van der Waals surface area contributed by atoms with Crippen LogP contribution in [0.3, 0.4) is 0 Å². The van der Waals surface area contributed by atoms with E-state index in [1.165, 1.54) is 17.4 Å². The normalized spacial score (nSPS) is 10.8. The number of methoxy groups -OCH3 is 1. The van der Waals surface area contributed by atoms with Gasteiger partial charge in [0.1, 0.15) is 15.5 Å². The van der Waals surface area contributed by atoms with Crippen LogP contribution in [0.4, 0.5) is 0 Å². The van der Waals surface area contributed by atoms with Gasteiger partial charge in [-0.05, 0) is 42.8 Å². The number of carbonyl (C=O) groups excluding carboxylic acids is 1. The Morgan fingerprint density at radius 3 is 2.38 bits per heavy atom. The second-order valence-electron chi connectivity index (χ2n) is 6.32. The maximum atomic E-state index is 12.8. The van der Waals surface area contributed by atoms with Crippen molar-refractivity contribution in [3.05, 3.63) is 82.0 Å². The average Bonchev–Trinajstić information content (AvgIpc) is 3.14. The van der Waals surface area contributed by atoms with E-state index in [-0.39, 0.29) is 18.1 Å². The molecule has 6 heteroatoms. The van der Waals surface area contributed by atoms with Gasteiger partial charge in [-0.15, -0.1) is 11.3 Å². The second kappa shape index (κ2) is 7.93. The minimum absolute atomic E-state index is 0.168. The van der Waals surface area contributed by atoms with Gasteiger partial charge in [-0.2, -0.15) is 0 Å². The molecule has 2 aromatic heterocycles. The monoisotopic (exact) mass is 405 g/mol. The number of ether oxygens (including phenoxy) is 2. The van der Waals surface area contributed by atoms with Crippen molar-refractivity contribution < 1.29 is 14.3 Å². The summed E-state index contributed by atoms with van der Waals surface area (Å²) in [5.41, 5.74) is 2.23. The largest absolute Gasteiger partial charge is 0.497 e. The van der Waals surface area contributed by atoms with E-state index in [2.05, 4.69) is 0 Å². The SMILES string of the molecule is CCOC(=O)c1sc2c(ccc(=O)n2-c2ccc(OC)cc2)c1-c1ccccc1. The zero-order valence-corrected chi connectivity index (χ0v) is 16.9. The molecule has 2 aromatic carbocycles. The number of rotatable bonds is 5. The van der Waals surface area contributed by atoms with Gasteiger partial charge >= 0.3 is 5.97 Å². The lowest BCUT2D eigenvalue weighted by atomic mass is 10.0. The molecule has 0 amide bonds. The average molecular weight is 405 g/mol. The predicted molar refractivity (Wildman–Crippen MR) is 115 cm³/mol. The summed E-state index contributed by atoms with van der Waals surface area (Å²) in [4.78, 5) is 26.7. The fourth-order valence-electron chi connectivity index (χ4n) is 3.29. The Balaban J connectivity index is 2.02. The summed E-state index contributed by atoms with van der Waals surface area (Å²) in [6.07, 6.45) is 0. The number of hydrogen-bond donors (Lipinski definition) is 0. The van der Waals surface area contributed by atoms with E-state index < -0.39 is 0 Å². The number of hydrogen-bond acceptors (Lipinski definition) is 5. The summed E-state index contributed by atoms with van der Waals surface area (Å²) in [6.45, 7) is 2.06. The lowest BCUT2D eigenvalue weighted by molar-refractivity contribution is 0.0533. The van der Waals surface area contributed by atoms with Gasteiger partial charge in [-0.25, -0.2) is 4.79 Å². The molecule has 0 atom stereocenters. The molecule has 4 aromatic rings. The van der Waals surface area contributed by atoms with Crippen LogP contribution in [-0.4, -0.2) is 24.3 Å². The lowest BCUT2D eigenvalue weighted by Crippen LogP contribution is -2.16. The van der Waals surface area contributed by atoms with E-state index in [0.29, 0.717) is 21.1 Å². The molecular formula is C23H19NO4S. The molecule has 29 heavy (non-hydrogen) atoms. The first-order chi connectivity index (χ1) is 14.1. The molecule has 2 heterocycles. The molecule has 4 rings (SSSR count). The molecule has 0 aliphatic carbocycles. The molecule has 5 nitrogen and oxygen atoms in total. The van der Waals surface area contributed by atoms with E-state index >= 15 is 0 Å². The lowest BCUT2D eigenvalue weighted by Gasteiger charge is -2.09. The van der Waals surface area contributed by atoms with E-state index in [9.17, 15) is 9.59 Å². The zero-order valence-electron chi connectivity index (χ0n) is 16.0. The predicted octanol–water partition coefficient (Wildman–Crippen LogP) is 4.90. The van der Waals surface area contributed by atoms with Crippen molar-refractivity contribution in [1.82, 2.24) is 4.57 Å². The van der Waals surface area contributed by atoms with Crippen LogP contribution >= 0.6 is 11.3 Å². The molecule has 0 N–H and O–H groups in total. The van der Waals surface area contributed by atoms with Crippen LogP contribution in [0.5, 0.6) is 5.75 Å². The molecule has 146 valence electrons. The van der Waals surface area contributed by atoms with Crippen LogP contribution in [0.15, 0.2) is 71.5 Å². The molecule has 0 radical (unpaired) electrons. The van der Waals surface area contributed by atoms with Crippen LogP contribution in [0, 0.1) is 0 Å². The molecule has 0 unspecified atom stereocenters. The number of esters is 1. The Kier molecular flexibility index (Phi) is 5.18. The smallest absolute Gasteiger partial charge is 0.349 e. The van der Waals surface area contributed by atoms with Crippen LogP contribution in [0.25, 0.3) is 27.0 Å². The molecule has 0 aliphatic rings. The molecule has 0 aliphatic heterocycles. The van der Waals surface area contributed by atoms with E-state index in [4.69, 9.17) is 9.47 Å². The number of fused-ring (bicyclic) bond motifs is 1. The molecule has 0 bridgehead atoms. The van der Waals surface area contributed by atoms with Crippen LogP contribution in [0.2, 0.25) is 0 Å². The highest BCUT2D eigenvalue weighted by Crippen LogP contribution is 2.39. The highest BCUT2D eigenvalue weighted by atomic mass is 32.1. The van der Waals surface area contributed by atoms with Crippen molar-refractivity contribution >= 4 is 27.5 Å².